The third-order valence-corrected chi connectivity index (χ3v) is 5.67. The van der Waals surface area contributed by atoms with E-state index in [4.69, 9.17) is 18.6 Å². The maximum Gasteiger partial charge on any atom is 0.373 e. The van der Waals surface area contributed by atoms with Gasteiger partial charge in [0, 0.05) is 11.6 Å². The van der Waals surface area contributed by atoms with E-state index in [9.17, 15) is 24.5 Å². The lowest BCUT2D eigenvalue weighted by Crippen LogP contribution is -2.30. The Morgan fingerprint density at radius 2 is 1.97 bits per heavy atom. The first-order valence-corrected chi connectivity index (χ1v) is 11.1. The second-order valence-electron chi connectivity index (χ2n) is 8.07. The Morgan fingerprint density at radius 3 is 2.76 bits per heavy atom. The average molecular weight is 521 g/mol. The molecule has 0 saturated carbocycles. The number of fused-ring (bicyclic) bond motifs is 1. The van der Waals surface area contributed by atoms with Gasteiger partial charge in [-0.1, -0.05) is 18.2 Å². The molecule has 0 bridgehead atoms. The van der Waals surface area contributed by atoms with Gasteiger partial charge in [-0.3, -0.25) is 19.8 Å². The van der Waals surface area contributed by atoms with Gasteiger partial charge in [0.05, 0.1) is 18.6 Å². The van der Waals surface area contributed by atoms with E-state index in [1.54, 1.807) is 18.2 Å². The van der Waals surface area contributed by atoms with Crippen LogP contribution in [0.2, 0.25) is 0 Å². The summed E-state index contributed by atoms with van der Waals surface area (Å²) in [7, 11) is 1.19. The predicted octanol–water partition coefficient (Wildman–Crippen LogP) is 3.38. The van der Waals surface area contributed by atoms with Crippen LogP contribution in [0.3, 0.4) is 0 Å². The first-order chi connectivity index (χ1) is 18.3. The highest BCUT2D eigenvalue weighted by Gasteiger charge is 2.35. The molecule has 2 aliphatic heterocycles. The number of esters is 1. The molecule has 2 aromatic carbocycles. The zero-order valence-electron chi connectivity index (χ0n) is 19.8. The van der Waals surface area contributed by atoms with Gasteiger partial charge in [-0.2, -0.15) is 0 Å². The Balaban J connectivity index is 1.38. The van der Waals surface area contributed by atoms with Crippen LogP contribution in [-0.2, 0) is 22.7 Å². The summed E-state index contributed by atoms with van der Waals surface area (Å²) in [6, 6.07) is 11.4. The molecule has 194 valence electrons. The highest BCUT2D eigenvalue weighted by Crippen LogP contribution is 2.36. The molecule has 3 aromatic rings. The highest BCUT2D eigenvalue weighted by molar-refractivity contribution is 6.14. The standard InChI is InChI=1S/C25H19N3O10/c1-34-24(30)20-8-6-16(38-20)11-27-23(29)17(26-25(27)31)10-15-3-2-4-18(28(32)33)22(15)35-12-14-5-7-19-21(9-14)37-13-36-19/h2-10H,11-13H2,1H3,(H,26,31)/b17-10-. The number of ether oxygens (including phenoxy) is 4. The smallest absolute Gasteiger partial charge is 0.373 e. The normalized spacial score (nSPS) is 15.1. The number of carbonyl (C=O) groups excluding carboxylic acids is 3. The lowest BCUT2D eigenvalue weighted by molar-refractivity contribution is -0.386. The van der Waals surface area contributed by atoms with E-state index in [1.165, 1.54) is 43.5 Å². The van der Waals surface area contributed by atoms with Gasteiger partial charge in [0.15, 0.2) is 11.5 Å². The van der Waals surface area contributed by atoms with Crippen molar-refractivity contribution in [3.63, 3.8) is 0 Å². The van der Waals surface area contributed by atoms with E-state index in [2.05, 4.69) is 10.1 Å². The van der Waals surface area contributed by atoms with Crippen LogP contribution in [0.25, 0.3) is 6.08 Å². The Labute approximate surface area is 214 Å². The number of hydrogen-bond acceptors (Lipinski definition) is 10. The minimum atomic E-state index is -0.731. The maximum absolute atomic E-state index is 13.0. The number of rotatable bonds is 8. The van der Waals surface area contributed by atoms with E-state index in [0.717, 1.165) is 4.90 Å². The molecule has 0 aliphatic carbocycles. The molecule has 1 fully saturated rings. The molecule has 3 heterocycles. The monoisotopic (exact) mass is 521 g/mol. The molecular weight excluding hydrogens is 502 g/mol. The summed E-state index contributed by atoms with van der Waals surface area (Å²) in [5.74, 6) is -0.264. The average Bonchev–Trinajstić information content (AvgIpc) is 3.63. The number of nitrogens with zero attached hydrogens (tertiary/aromatic N) is 2. The van der Waals surface area contributed by atoms with Crippen LogP contribution in [-0.4, -0.2) is 41.6 Å². The van der Waals surface area contributed by atoms with Crippen molar-refractivity contribution in [2.75, 3.05) is 13.9 Å². The van der Waals surface area contributed by atoms with Crippen molar-refractivity contribution in [1.82, 2.24) is 10.2 Å². The molecule has 5 rings (SSSR count). The van der Waals surface area contributed by atoms with Crippen molar-refractivity contribution < 1.29 is 42.7 Å². The summed E-state index contributed by atoms with van der Waals surface area (Å²) in [5.41, 5.74) is 0.437. The molecule has 0 atom stereocenters. The van der Waals surface area contributed by atoms with Crippen LogP contribution in [0, 0.1) is 10.1 Å². The van der Waals surface area contributed by atoms with Crippen LogP contribution in [0.5, 0.6) is 17.2 Å². The van der Waals surface area contributed by atoms with E-state index in [-0.39, 0.29) is 54.2 Å². The molecule has 1 saturated heterocycles. The van der Waals surface area contributed by atoms with Crippen LogP contribution >= 0.6 is 0 Å². The zero-order valence-corrected chi connectivity index (χ0v) is 19.8. The number of amides is 3. The van der Waals surface area contributed by atoms with Crippen molar-refractivity contribution in [1.29, 1.82) is 0 Å². The molecular formula is C25H19N3O10. The molecule has 0 unspecified atom stereocenters. The summed E-state index contributed by atoms with van der Waals surface area (Å²) < 4.78 is 26.4. The van der Waals surface area contributed by atoms with Gasteiger partial charge in [-0.15, -0.1) is 0 Å². The fraction of sp³-hybridized carbons (Fsp3) is 0.160. The summed E-state index contributed by atoms with van der Waals surface area (Å²) in [5, 5.41) is 14.1. The summed E-state index contributed by atoms with van der Waals surface area (Å²) in [6.45, 7) is -0.183. The van der Waals surface area contributed by atoms with Crippen molar-refractivity contribution >= 4 is 29.7 Å². The van der Waals surface area contributed by atoms with Crippen LogP contribution in [0.15, 0.2) is 58.6 Å². The summed E-state index contributed by atoms with van der Waals surface area (Å²) in [6.07, 6.45) is 1.30. The van der Waals surface area contributed by atoms with Crippen molar-refractivity contribution in [3.8, 4) is 17.2 Å². The molecule has 2 aliphatic rings. The number of benzene rings is 2. The van der Waals surface area contributed by atoms with Gasteiger partial charge in [0.1, 0.15) is 18.1 Å². The van der Waals surface area contributed by atoms with Crippen LogP contribution < -0.4 is 19.5 Å². The highest BCUT2D eigenvalue weighted by atomic mass is 16.7. The topological polar surface area (TPSA) is 160 Å². The van der Waals surface area contributed by atoms with Crippen LogP contribution in [0.4, 0.5) is 10.5 Å². The number of hydrogen-bond donors (Lipinski definition) is 1. The van der Waals surface area contributed by atoms with Gasteiger partial charge < -0.3 is 28.7 Å². The molecule has 1 N–H and O–H groups in total. The van der Waals surface area contributed by atoms with E-state index >= 15 is 0 Å². The maximum atomic E-state index is 13.0. The Bertz CT molecular complexity index is 1490. The first-order valence-electron chi connectivity index (χ1n) is 11.1. The summed E-state index contributed by atoms with van der Waals surface area (Å²) >= 11 is 0. The number of urea groups is 1. The predicted molar refractivity (Wildman–Crippen MR) is 127 cm³/mol. The van der Waals surface area contributed by atoms with E-state index in [1.807, 2.05) is 0 Å². The largest absolute Gasteiger partial charge is 0.482 e. The third kappa shape index (κ3) is 4.72. The Hall–Kier alpha value is -5.33. The Kier molecular flexibility index (Phi) is 6.39. The fourth-order valence-corrected chi connectivity index (χ4v) is 3.84. The van der Waals surface area contributed by atoms with Crippen molar-refractivity contribution in [2.24, 2.45) is 0 Å². The van der Waals surface area contributed by atoms with Gasteiger partial charge >= 0.3 is 17.7 Å². The number of nitro groups is 1. The SMILES string of the molecule is COC(=O)c1ccc(CN2C(=O)N/C(=C\c3cccc([N+](=O)[O-])c3OCc3ccc4c(c3)OCO4)C2=O)o1. The molecule has 3 amide bonds. The number of methoxy groups -OCH3 is 1. The number of nitrogens with one attached hydrogen (secondary N) is 1. The number of imide groups is 1. The molecule has 13 heteroatoms. The van der Waals surface area contributed by atoms with E-state index < -0.39 is 22.8 Å². The first kappa shape index (κ1) is 24.4. The Morgan fingerprint density at radius 1 is 1.16 bits per heavy atom. The lowest BCUT2D eigenvalue weighted by atomic mass is 10.1. The molecule has 38 heavy (non-hydrogen) atoms. The zero-order chi connectivity index (χ0) is 26.8. The minimum Gasteiger partial charge on any atom is -0.482 e. The quantitative estimate of drug-likeness (QED) is 0.153. The minimum absolute atomic E-state index is 0.0366. The number of nitro benzene ring substituents is 1. The van der Waals surface area contributed by atoms with Crippen LogP contribution in [0.1, 0.15) is 27.4 Å². The van der Waals surface area contributed by atoms with Gasteiger partial charge in [-0.25, -0.2) is 9.59 Å². The third-order valence-electron chi connectivity index (χ3n) is 5.67. The summed E-state index contributed by atoms with van der Waals surface area (Å²) in [4.78, 5) is 49.0. The molecule has 13 nitrogen and oxygen atoms in total. The van der Waals surface area contributed by atoms with Gasteiger partial charge in [0.2, 0.25) is 18.3 Å². The molecule has 0 radical (unpaired) electrons. The van der Waals surface area contributed by atoms with E-state index in [0.29, 0.717) is 17.1 Å². The lowest BCUT2D eigenvalue weighted by Gasteiger charge is -2.11. The number of carbonyl (C=O) groups is 3. The number of furan rings is 1. The molecule has 1 aromatic heterocycles. The fourth-order valence-electron chi connectivity index (χ4n) is 3.84. The van der Waals surface area contributed by atoms with Gasteiger partial charge in [-0.05, 0) is 35.9 Å². The van der Waals surface area contributed by atoms with Gasteiger partial charge in [0.25, 0.3) is 5.91 Å². The second kappa shape index (κ2) is 9.97. The number of para-hydroxylation sites is 1. The van der Waals surface area contributed by atoms with Crippen molar-refractivity contribution in [2.45, 2.75) is 13.2 Å². The van der Waals surface area contributed by atoms with Crippen molar-refractivity contribution in [3.05, 3.63) is 87.0 Å². The molecule has 0 spiro atoms. The second-order valence-corrected chi connectivity index (χ2v) is 8.07.